The van der Waals surface area contributed by atoms with Crippen LogP contribution in [-0.4, -0.2) is 15.8 Å². The third-order valence-electron chi connectivity index (χ3n) is 4.57. The van der Waals surface area contributed by atoms with E-state index in [-0.39, 0.29) is 0 Å². The van der Waals surface area contributed by atoms with Crippen molar-refractivity contribution in [3.63, 3.8) is 0 Å². The summed E-state index contributed by atoms with van der Waals surface area (Å²) >= 11 is 0. The molecule has 21 heavy (non-hydrogen) atoms. The SMILES string of the molecule is CC(Nc1cnn(Cc2ccccc2)c1)C1CCCCC1. The number of rotatable bonds is 5. The van der Waals surface area contributed by atoms with Crippen LogP contribution in [0, 0.1) is 5.92 Å². The van der Waals surface area contributed by atoms with Gasteiger partial charge in [-0.3, -0.25) is 4.68 Å². The quantitative estimate of drug-likeness (QED) is 0.886. The third-order valence-corrected chi connectivity index (χ3v) is 4.57. The van der Waals surface area contributed by atoms with Gasteiger partial charge in [-0.1, -0.05) is 49.6 Å². The third kappa shape index (κ3) is 3.87. The van der Waals surface area contributed by atoms with Crippen LogP contribution in [0.5, 0.6) is 0 Å². The van der Waals surface area contributed by atoms with Gasteiger partial charge in [0.2, 0.25) is 0 Å². The topological polar surface area (TPSA) is 29.9 Å². The molecule has 0 aliphatic heterocycles. The van der Waals surface area contributed by atoms with Gasteiger partial charge >= 0.3 is 0 Å². The molecule has 1 aromatic carbocycles. The van der Waals surface area contributed by atoms with Crippen LogP contribution in [0.25, 0.3) is 0 Å². The normalized spacial score (nSPS) is 17.6. The molecule has 2 aromatic rings. The van der Waals surface area contributed by atoms with Crippen LogP contribution < -0.4 is 5.32 Å². The molecular formula is C18H25N3. The minimum absolute atomic E-state index is 0.541. The zero-order valence-electron chi connectivity index (χ0n) is 12.8. The number of benzene rings is 1. The van der Waals surface area contributed by atoms with Gasteiger partial charge < -0.3 is 5.32 Å². The van der Waals surface area contributed by atoms with Crippen molar-refractivity contribution < 1.29 is 0 Å². The van der Waals surface area contributed by atoms with Gasteiger partial charge in [-0.25, -0.2) is 0 Å². The minimum Gasteiger partial charge on any atom is -0.380 e. The van der Waals surface area contributed by atoms with E-state index in [0.29, 0.717) is 6.04 Å². The molecule has 3 nitrogen and oxygen atoms in total. The van der Waals surface area contributed by atoms with E-state index in [0.717, 1.165) is 18.2 Å². The summed E-state index contributed by atoms with van der Waals surface area (Å²) in [7, 11) is 0. The van der Waals surface area contributed by atoms with Crippen molar-refractivity contribution in [3.05, 3.63) is 48.3 Å². The lowest BCUT2D eigenvalue weighted by molar-refractivity contribution is 0.328. The molecule has 1 aliphatic rings. The second kappa shape index (κ2) is 6.79. The van der Waals surface area contributed by atoms with E-state index in [9.17, 15) is 0 Å². The Kier molecular flexibility index (Phi) is 4.59. The van der Waals surface area contributed by atoms with E-state index in [1.54, 1.807) is 0 Å². The van der Waals surface area contributed by atoms with Crippen LogP contribution in [0.2, 0.25) is 0 Å². The maximum atomic E-state index is 4.46. The highest BCUT2D eigenvalue weighted by Gasteiger charge is 2.20. The van der Waals surface area contributed by atoms with Gasteiger partial charge in [0.1, 0.15) is 0 Å². The van der Waals surface area contributed by atoms with Crippen molar-refractivity contribution in [1.29, 1.82) is 0 Å². The summed E-state index contributed by atoms with van der Waals surface area (Å²) in [6.07, 6.45) is 11.0. The summed E-state index contributed by atoms with van der Waals surface area (Å²) in [6, 6.07) is 11.0. The van der Waals surface area contributed by atoms with Crippen LogP contribution in [0.4, 0.5) is 5.69 Å². The Morgan fingerprint density at radius 3 is 2.71 bits per heavy atom. The molecule has 1 N–H and O–H groups in total. The monoisotopic (exact) mass is 283 g/mol. The number of hydrogen-bond acceptors (Lipinski definition) is 2. The summed E-state index contributed by atoms with van der Waals surface area (Å²) in [5.74, 6) is 0.816. The largest absolute Gasteiger partial charge is 0.380 e. The van der Waals surface area contributed by atoms with Crippen LogP contribution in [-0.2, 0) is 6.54 Å². The second-order valence-electron chi connectivity index (χ2n) is 6.24. The molecule has 1 saturated carbocycles. The Labute approximate surface area is 127 Å². The van der Waals surface area contributed by atoms with Gasteiger partial charge in [0, 0.05) is 12.2 Å². The van der Waals surface area contributed by atoms with E-state index in [1.807, 2.05) is 16.9 Å². The van der Waals surface area contributed by atoms with E-state index in [4.69, 9.17) is 0 Å². The molecule has 1 fully saturated rings. The minimum atomic E-state index is 0.541. The molecule has 0 radical (unpaired) electrons. The van der Waals surface area contributed by atoms with Gasteiger partial charge in [-0.15, -0.1) is 0 Å². The Morgan fingerprint density at radius 2 is 1.95 bits per heavy atom. The fraction of sp³-hybridized carbons (Fsp3) is 0.500. The molecule has 3 heteroatoms. The first-order valence-corrected chi connectivity index (χ1v) is 8.14. The lowest BCUT2D eigenvalue weighted by Crippen LogP contribution is -2.27. The molecule has 0 spiro atoms. The predicted molar refractivity (Wildman–Crippen MR) is 87.4 cm³/mol. The second-order valence-corrected chi connectivity index (χ2v) is 6.24. The molecule has 1 heterocycles. The molecule has 0 bridgehead atoms. The Balaban J connectivity index is 1.57. The Hall–Kier alpha value is -1.77. The zero-order valence-corrected chi connectivity index (χ0v) is 12.8. The number of nitrogens with zero attached hydrogens (tertiary/aromatic N) is 2. The molecule has 1 aliphatic carbocycles. The van der Waals surface area contributed by atoms with E-state index in [1.165, 1.54) is 37.7 Å². The van der Waals surface area contributed by atoms with Crippen molar-refractivity contribution in [2.24, 2.45) is 5.92 Å². The lowest BCUT2D eigenvalue weighted by atomic mass is 9.84. The fourth-order valence-electron chi connectivity index (χ4n) is 3.31. The van der Waals surface area contributed by atoms with Crippen molar-refractivity contribution >= 4 is 5.69 Å². The van der Waals surface area contributed by atoms with Crippen molar-refractivity contribution in [2.45, 2.75) is 51.6 Å². The first kappa shape index (κ1) is 14.2. The molecule has 0 saturated heterocycles. The van der Waals surface area contributed by atoms with Crippen LogP contribution in [0.15, 0.2) is 42.7 Å². The molecule has 112 valence electrons. The zero-order chi connectivity index (χ0) is 14.5. The number of aromatic nitrogens is 2. The first-order valence-electron chi connectivity index (χ1n) is 8.14. The molecule has 1 atom stereocenters. The van der Waals surface area contributed by atoms with Crippen molar-refractivity contribution in [1.82, 2.24) is 9.78 Å². The van der Waals surface area contributed by atoms with E-state index < -0.39 is 0 Å². The number of nitrogens with one attached hydrogen (secondary N) is 1. The first-order chi connectivity index (χ1) is 10.3. The molecule has 1 unspecified atom stereocenters. The highest BCUT2D eigenvalue weighted by Crippen LogP contribution is 2.27. The Morgan fingerprint density at radius 1 is 1.19 bits per heavy atom. The smallest absolute Gasteiger partial charge is 0.0728 e. The molecule has 1 aromatic heterocycles. The number of anilines is 1. The van der Waals surface area contributed by atoms with Crippen LogP contribution in [0.1, 0.15) is 44.6 Å². The fourth-order valence-corrected chi connectivity index (χ4v) is 3.31. The van der Waals surface area contributed by atoms with Crippen LogP contribution in [0.3, 0.4) is 0 Å². The van der Waals surface area contributed by atoms with Gasteiger partial charge in [0.05, 0.1) is 18.4 Å². The maximum Gasteiger partial charge on any atom is 0.0728 e. The van der Waals surface area contributed by atoms with Gasteiger partial charge in [-0.2, -0.15) is 5.10 Å². The maximum absolute atomic E-state index is 4.46. The summed E-state index contributed by atoms with van der Waals surface area (Å²) < 4.78 is 2.01. The van der Waals surface area contributed by atoms with Crippen molar-refractivity contribution in [3.8, 4) is 0 Å². The lowest BCUT2D eigenvalue weighted by Gasteiger charge is -2.28. The van der Waals surface area contributed by atoms with E-state index in [2.05, 4.69) is 47.8 Å². The average Bonchev–Trinajstić information content (AvgIpc) is 2.96. The summed E-state index contributed by atoms with van der Waals surface area (Å²) in [4.78, 5) is 0. The average molecular weight is 283 g/mol. The van der Waals surface area contributed by atoms with Crippen LogP contribution >= 0.6 is 0 Å². The van der Waals surface area contributed by atoms with Gasteiger partial charge in [0.15, 0.2) is 0 Å². The summed E-state index contributed by atoms with van der Waals surface area (Å²) in [5.41, 5.74) is 2.43. The highest BCUT2D eigenvalue weighted by molar-refractivity contribution is 5.39. The van der Waals surface area contributed by atoms with Crippen molar-refractivity contribution in [2.75, 3.05) is 5.32 Å². The number of hydrogen-bond donors (Lipinski definition) is 1. The summed E-state index contributed by atoms with van der Waals surface area (Å²) in [5, 5.41) is 8.10. The molecule has 0 amide bonds. The molecular weight excluding hydrogens is 258 g/mol. The highest BCUT2D eigenvalue weighted by atomic mass is 15.3. The van der Waals surface area contributed by atoms with Gasteiger partial charge in [0.25, 0.3) is 0 Å². The van der Waals surface area contributed by atoms with Gasteiger partial charge in [-0.05, 0) is 31.2 Å². The summed E-state index contributed by atoms with van der Waals surface area (Å²) in [6.45, 7) is 3.14. The van der Waals surface area contributed by atoms with E-state index >= 15 is 0 Å². The predicted octanol–water partition coefficient (Wildman–Crippen LogP) is 4.31. The Bertz CT molecular complexity index is 541. The molecule has 3 rings (SSSR count). The standard InChI is InChI=1S/C18H25N3/c1-15(17-10-6-3-7-11-17)20-18-12-19-21(14-18)13-16-8-4-2-5-9-16/h2,4-5,8-9,12,14-15,17,20H,3,6-7,10-11,13H2,1H3.